The second kappa shape index (κ2) is 5.55. The van der Waals surface area contributed by atoms with Gasteiger partial charge in [0, 0.05) is 18.0 Å². The van der Waals surface area contributed by atoms with Crippen molar-refractivity contribution in [1.29, 1.82) is 0 Å². The van der Waals surface area contributed by atoms with E-state index in [1.54, 1.807) is 0 Å². The van der Waals surface area contributed by atoms with Gasteiger partial charge in [-0.25, -0.2) is 0 Å². The molecule has 1 unspecified atom stereocenters. The number of benzene rings is 2. The van der Waals surface area contributed by atoms with Crippen molar-refractivity contribution in [2.45, 2.75) is 25.5 Å². The van der Waals surface area contributed by atoms with Crippen LogP contribution in [0.15, 0.2) is 48.5 Å². The van der Waals surface area contributed by atoms with Crippen molar-refractivity contribution in [3.05, 3.63) is 59.7 Å². The van der Waals surface area contributed by atoms with E-state index in [2.05, 4.69) is 12.1 Å². The van der Waals surface area contributed by atoms with Crippen LogP contribution in [0, 0.1) is 0 Å². The molecule has 0 saturated carbocycles. The Morgan fingerprint density at radius 3 is 2.65 bits per heavy atom. The van der Waals surface area contributed by atoms with Crippen LogP contribution in [0.25, 0.3) is 0 Å². The second-order valence-electron chi connectivity index (χ2n) is 4.99. The lowest BCUT2D eigenvalue weighted by Gasteiger charge is -2.30. The molecule has 1 heterocycles. The Morgan fingerprint density at radius 1 is 1.15 bits per heavy atom. The number of hydrogen-bond acceptors (Lipinski definition) is 3. The molecule has 0 aliphatic carbocycles. The molecule has 0 saturated heterocycles. The van der Waals surface area contributed by atoms with Gasteiger partial charge in [-0.1, -0.05) is 30.3 Å². The summed E-state index contributed by atoms with van der Waals surface area (Å²) < 4.78 is 11.5. The Hall–Kier alpha value is -2.00. The third kappa shape index (κ3) is 2.49. The van der Waals surface area contributed by atoms with Gasteiger partial charge in [-0.2, -0.15) is 0 Å². The first-order chi connectivity index (χ1) is 9.78. The first-order valence-corrected chi connectivity index (χ1v) is 7.02. The largest absolute Gasteiger partial charge is 0.494 e. The molecule has 0 amide bonds. The first kappa shape index (κ1) is 13.0. The van der Waals surface area contributed by atoms with Crippen molar-refractivity contribution in [3.8, 4) is 11.5 Å². The lowest BCUT2D eigenvalue weighted by molar-refractivity contribution is 0.161. The number of hydrogen-bond donors (Lipinski definition) is 1. The molecule has 2 N–H and O–H groups in total. The fraction of sp³-hybridized carbons (Fsp3) is 0.294. The molecule has 3 heteroatoms. The highest BCUT2D eigenvalue weighted by Crippen LogP contribution is 2.39. The first-order valence-electron chi connectivity index (χ1n) is 7.02. The zero-order chi connectivity index (χ0) is 13.9. The molecular weight excluding hydrogens is 250 g/mol. The second-order valence-corrected chi connectivity index (χ2v) is 4.99. The van der Waals surface area contributed by atoms with Crippen molar-refractivity contribution in [2.75, 3.05) is 6.61 Å². The summed E-state index contributed by atoms with van der Waals surface area (Å²) in [7, 11) is 0. The molecule has 3 rings (SSSR count). The summed E-state index contributed by atoms with van der Waals surface area (Å²) >= 11 is 0. The third-order valence-corrected chi connectivity index (χ3v) is 3.62. The van der Waals surface area contributed by atoms with Crippen LogP contribution in [0.3, 0.4) is 0 Å². The van der Waals surface area contributed by atoms with Gasteiger partial charge in [0.2, 0.25) is 0 Å². The number of fused-ring (bicyclic) bond motifs is 1. The fourth-order valence-electron chi connectivity index (χ4n) is 2.60. The molecule has 0 radical (unpaired) electrons. The standard InChI is InChI=1S/C17H19NO2/c1-2-19-13-9-7-12(8-10-13)17-11-15(18)14-5-3-4-6-16(14)20-17/h3-10,15,17H,2,11,18H2,1H3/t15-,17?/m1/s1. The predicted octanol–water partition coefficient (Wildman–Crippen LogP) is 3.61. The fourth-order valence-corrected chi connectivity index (χ4v) is 2.60. The molecule has 0 fully saturated rings. The number of para-hydroxylation sites is 1. The highest BCUT2D eigenvalue weighted by molar-refractivity contribution is 5.39. The van der Waals surface area contributed by atoms with Crippen LogP contribution in [-0.4, -0.2) is 6.61 Å². The maximum atomic E-state index is 6.25. The molecule has 3 nitrogen and oxygen atoms in total. The smallest absolute Gasteiger partial charge is 0.126 e. The van der Waals surface area contributed by atoms with Gasteiger partial charge in [0.25, 0.3) is 0 Å². The van der Waals surface area contributed by atoms with Gasteiger partial charge in [0.1, 0.15) is 17.6 Å². The Balaban J connectivity index is 1.82. The van der Waals surface area contributed by atoms with Crippen LogP contribution in [0.5, 0.6) is 11.5 Å². The summed E-state index contributed by atoms with van der Waals surface area (Å²) in [4.78, 5) is 0. The highest BCUT2D eigenvalue weighted by Gasteiger charge is 2.26. The van der Waals surface area contributed by atoms with Crippen molar-refractivity contribution in [1.82, 2.24) is 0 Å². The number of rotatable bonds is 3. The monoisotopic (exact) mass is 269 g/mol. The van der Waals surface area contributed by atoms with Crippen LogP contribution in [0.1, 0.15) is 36.6 Å². The van der Waals surface area contributed by atoms with E-state index in [1.807, 2.05) is 43.3 Å². The van der Waals surface area contributed by atoms with Gasteiger partial charge in [-0.05, 0) is 30.7 Å². The molecule has 2 aromatic rings. The Morgan fingerprint density at radius 2 is 1.90 bits per heavy atom. The SMILES string of the molecule is CCOc1ccc(C2C[C@@H](N)c3ccccc3O2)cc1. The van der Waals surface area contributed by atoms with E-state index in [-0.39, 0.29) is 12.1 Å². The van der Waals surface area contributed by atoms with Crippen LogP contribution < -0.4 is 15.2 Å². The van der Waals surface area contributed by atoms with Crippen LogP contribution in [0.2, 0.25) is 0 Å². The molecule has 1 aliphatic heterocycles. The molecular formula is C17H19NO2. The van der Waals surface area contributed by atoms with E-state index < -0.39 is 0 Å². The van der Waals surface area contributed by atoms with Crippen molar-refractivity contribution in [2.24, 2.45) is 5.73 Å². The van der Waals surface area contributed by atoms with Gasteiger partial charge in [0.05, 0.1) is 6.61 Å². The Labute approximate surface area is 119 Å². The van der Waals surface area contributed by atoms with Crippen LogP contribution in [-0.2, 0) is 0 Å². The minimum atomic E-state index is 0.00979. The summed E-state index contributed by atoms with van der Waals surface area (Å²) in [5.41, 5.74) is 8.48. The lowest BCUT2D eigenvalue weighted by atomic mass is 9.93. The van der Waals surface area contributed by atoms with E-state index in [9.17, 15) is 0 Å². The number of ether oxygens (including phenoxy) is 2. The summed E-state index contributed by atoms with van der Waals surface area (Å²) in [5.74, 6) is 1.78. The quantitative estimate of drug-likeness (QED) is 0.925. The molecule has 0 bridgehead atoms. The summed E-state index contributed by atoms with van der Waals surface area (Å²) in [6.07, 6.45) is 0.806. The van der Waals surface area contributed by atoms with Gasteiger partial charge in [-0.3, -0.25) is 0 Å². The van der Waals surface area contributed by atoms with Crippen molar-refractivity contribution in [3.63, 3.8) is 0 Å². The Kier molecular flexibility index (Phi) is 3.61. The van der Waals surface area contributed by atoms with Crippen molar-refractivity contribution >= 4 is 0 Å². The molecule has 2 aromatic carbocycles. The van der Waals surface area contributed by atoms with E-state index in [4.69, 9.17) is 15.2 Å². The molecule has 0 aromatic heterocycles. The van der Waals surface area contributed by atoms with Gasteiger partial charge in [-0.15, -0.1) is 0 Å². The minimum absolute atomic E-state index is 0.00979. The number of nitrogens with two attached hydrogens (primary N) is 1. The Bertz CT molecular complexity index is 580. The molecule has 20 heavy (non-hydrogen) atoms. The average Bonchev–Trinajstić information content (AvgIpc) is 2.48. The molecule has 0 spiro atoms. The van der Waals surface area contributed by atoms with Crippen molar-refractivity contribution < 1.29 is 9.47 Å². The molecule has 104 valence electrons. The highest BCUT2D eigenvalue weighted by atomic mass is 16.5. The molecule has 2 atom stereocenters. The third-order valence-electron chi connectivity index (χ3n) is 3.62. The topological polar surface area (TPSA) is 44.5 Å². The van der Waals surface area contributed by atoms with Crippen LogP contribution >= 0.6 is 0 Å². The van der Waals surface area contributed by atoms with E-state index >= 15 is 0 Å². The van der Waals surface area contributed by atoms with Crippen LogP contribution in [0.4, 0.5) is 0 Å². The van der Waals surface area contributed by atoms with Gasteiger partial charge >= 0.3 is 0 Å². The normalized spacial score (nSPS) is 20.9. The average molecular weight is 269 g/mol. The van der Waals surface area contributed by atoms with E-state index in [0.29, 0.717) is 6.61 Å². The van der Waals surface area contributed by atoms with E-state index in [1.165, 1.54) is 0 Å². The zero-order valence-corrected chi connectivity index (χ0v) is 11.6. The van der Waals surface area contributed by atoms with Gasteiger partial charge < -0.3 is 15.2 Å². The summed E-state index contributed by atoms with van der Waals surface area (Å²) in [6, 6.07) is 16.1. The summed E-state index contributed by atoms with van der Waals surface area (Å²) in [5, 5.41) is 0. The zero-order valence-electron chi connectivity index (χ0n) is 11.6. The minimum Gasteiger partial charge on any atom is -0.494 e. The predicted molar refractivity (Wildman–Crippen MR) is 79.0 cm³/mol. The summed E-state index contributed by atoms with van der Waals surface area (Å²) in [6.45, 7) is 2.66. The maximum Gasteiger partial charge on any atom is 0.126 e. The van der Waals surface area contributed by atoms with Gasteiger partial charge in [0.15, 0.2) is 0 Å². The molecule has 1 aliphatic rings. The lowest BCUT2D eigenvalue weighted by Crippen LogP contribution is -2.24. The maximum absolute atomic E-state index is 6.25. The van der Waals surface area contributed by atoms with E-state index in [0.717, 1.165) is 29.0 Å².